The molecule has 1 N–H and O–H groups in total. The van der Waals surface area contributed by atoms with Crippen LogP contribution in [0.15, 0.2) is 66.7 Å². The van der Waals surface area contributed by atoms with E-state index < -0.39 is 0 Å². The highest BCUT2D eigenvalue weighted by Crippen LogP contribution is 2.25. The number of hydrogen-bond acceptors (Lipinski definition) is 2. The molecular weight excluding hydrogens is 477 g/mol. The van der Waals surface area contributed by atoms with Crippen molar-refractivity contribution in [3.8, 4) is 16.9 Å². The average Bonchev–Trinajstić information content (AvgIpc) is 3.23. The van der Waals surface area contributed by atoms with Crippen LogP contribution < -0.4 is 5.32 Å². The number of rotatable bonds is 6. The van der Waals surface area contributed by atoms with E-state index in [1.165, 1.54) is 11.1 Å². The van der Waals surface area contributed by atoms with Gasteiger partial charge in [0.1, 0.15) is 5.69 Å². The summed E-state index contributed by atoms with van der Waals surface area (Å²) in [4.78, 5) is 13.1. The Labute approximate surface area is 208 Å². The summed E-state index contributed by atoms with van der Waals surface area (Å²) in [7, 11) is 0. The Morgan fingerprint density at radius 1 is 0.879 bits per heavy atom. The highest BCUT2D eigenvalue weighted by atomic mass is 35.5. The summed E-state index contributed by atoms with van der Waals surface area (Å²) in [6.45, 7) is 4.55. The molecule has 1 amide bonds. The molecule has 0 aliphatic rings. The molecule has 0 atom stereocenters. The fraction of sp³-hybridized carbons (Fsp3) is 0.154. The average molecular weight is 499 g/mol. The summed E-state index contributed by atoms with van der Waals surface area (Å²) >= 11 is 18.3. The largest absolute Gasteiger partial charge is 0.350 e. The predicted octanol–water partition coefficient (Wildman–Crippen LogP) is 7.09. The van der Waals surface area contributed by atoms with Crippen LogP contribution >= 0.6 is 34.8 Å². The first-order valence-corrected chi connectivity index (χ1v) is 11.6. The van der Waals surface area contributed by atoms with Crippen molar-refractivity contribution in [1.29, 1.82) is 0 Å². The standard InChI is InChI=1S/C26H22Cl3N3O/c1-16-3-4-19(13-17(16)2)24-15-25(32(31-24)22-9-7-20(27)8-10-22)26(33)30-12-11-18-5-6-21(28)14-23(18)29/h3-10,13-15H,11-12H2,1-2H3,(H,30,33). The van der Waals surface area contributed by atoms with Crippen molar-refractivity contribution in [3.63, 3.8) is 0 Å². The molecule has 0 unspecified atom stereocenters. The lowest BCUT2D eigenvalue weighted by molar-refractivity contribution is 0.0946. The molecule has 33 heavy (non-hydrogen) atoms. The van der Waals surface area contributed by atoms with Crippen molar-refractivity contribution in [2.75, 3.05) is 6.54 Å². The van der Waals surface area contributed by atoms with E-state index in [1.54, 1.807) is 28.9 Å². The number of halogens is 3. The third-order valence-corrected chi connectivity index (χ3v) is 6.35. The molecule has 0 radical (unpaired) electrons. The van der Waals surface area contributed by atoms with Crippen LogP contribution in [0.5, 0.6) is 0 Å². The summed E-state index contributed by atoms with van der Waals surface area (Å²) in [5.41, 5.74) is 6.15. The minimum absolute atomic E-state index is 0.224. The smallest absolute Gasteiger partial charge is 0.270 e. The van der Waals surface area contributed by atoms with Crippen molar-refractivity contribution in [3.05, 3.63) is 104 Å². The number of hydrogen-bond donors (Lipinski definition) is 1. The van der Waals surface area contributed by atoms with Crippen LogP contribution in [0.2, 0.25) is 15.1 Å². The van der Waals surface area contributed by atoms with Gasteiger partial charge in [0, 0.05) is 27.2 Å². The first kappa shape index (κ1) is 23.4. The third-order valence-electron chi connectivity index (χ3n) is 5.51. The Bertz CT molecular complexity index is 1310. The van der Waals surface area contributed by atoms with Crippen molar-refractivity contribution in [2.24, 2.45) is 0 Å². The topological polar surface area (TPSA) is 46.9 Å². The normalized spacial score (nSPS) is 10.9. The lowest BCUT2D eigenvalue weighted by atomic mass is 10.0. The van der Waals surface area contributed by atoms with Gasteiger partial charge in [-0.25, -0.2) is 4.68 Å². The number of carbonyl (C=O) groups is 1. The fourth-order valence-corrected chi connectivity index (χ4v) is 4.12. The van der Waals surface area contributed by atoms with Crippen LogP contribution in [0.4, 0.5) is 0 Å². The van der Waals surface area contributed by atoms with E-state index in [0.29, 0.717) is 33.7 Å². The van der Waals surface area contributed by atoms with Crippen LogP contribution in [0.1, 0.15) is 27.2 Å². The van der Waals surface area contributed by atoms with Crippen LogP contribution in [-0.2, 0) is 6.42 Å². The van der Waals surface area contributed by atoms with Gasteiger partial charge in [-0.1, -0.05) is 53.0 Å². The zero-order valence-corrected chi connectivity index (χ0v) is 20.5. The number of carbonyl (C=O) groups excluding carboxylic acids is 1. The Balaban J connectivity index is 1.61. The van der Waals surface area contributed by atoms with E-state index in [-0.39, 0.29) is 5.91 Å². The lowest BCUT2D eigenvalue weighted by Gasteiger charge is -2.09. The molecule has 0 spiro atoms. The van der Waals surface area contributed by atoms with Crippen molar-refractivity contribution >= 4 is 40.7 Å². The Hall–Kier alpha value is -2.79. The summed E-state index contributed by atoms with van der Waals surface area (Å²) < 4.78 is 1.64. The second-order valence-electron chi connectivity index (χ2n) is 7.84. The number of benzene rings is 3. The highest BCUT2D eigenvalue weighted by molar-refractivity contribution is 6.35. The molecule has 4 rings (SSSR count). The van der Waals surface area contributed by atoms with Gasteiger partial charge in [-0.2, -0.15) is 5.10 Å². The Morgan fingerprint density at radius 2 is 1.61 bits per heavy atom. The van der Waals surface area contributed by atoms with Gasteiger partial charge in [0.05, 0.1) is 11.4 Å². The molecular formula is C26H22Cl3N3O. The second-order valence-corrected chi connectivity index (χ2v) is 9.12. The summed E-state index contributed by atoms with van der Waals surface area (Å²) in [5, 5.41) is 9.50. The van der Waals surface area contributed by atoms with E-state index in [9.17, 15) is 4.79 Å². The third kappa shape index (κ3) is 5.41. The molecule has 0 saturated heterocycles. The number of amides is 1. The fourth-order valence-electron chi connectivity index (χ4n) is 3.49. The number of nitrogens with one attached hydrogen (secondary N) is 1. The van der Waals surface area contributed by atoms with Crippen LogP contribution in [0.3, 0.4) is 0 Å². The highest BCUT2D eigenvalue weighted by Gasteiger charge is 2.18. The Morgan fingerprint density at radius 3 is 2.30 bits per heavy atom. The maximum atomic E-state index is 13.1. The van der Waals surface area contributed by atoms with Gasteiger partial charge in [0.2, 0.25) is 0 Å². The Kier molecular flexibility index (Phi) is 7.08. The molecule has 7 heteroatoms. The summed E-state index contributed by atoms with van der Waals surface area (Å²) in [6.07, 6.45) is 0.584. The number of aryl methyl sites for hydroxylation is 2. The molecule has 0 fully saturated rings. The van der Waals surface area contributed by atoms with E-state index >= 15 is 0 Å². The zero-order chi connectivity index (χ0) is 23.5. The van der Waals surface area contributed by atoms with Gasteiger partial charge < -0.3 is 5.32 Å². The molecule has 1 aromatic heterocycles. The lowest BCUT2D eigenvalue weighted by Crippen LogP contribution is -2.27. The molecule has 4 aromatic rings. The molecule has 1 heterocycles. The maximum absolute atomic E-state index is 13.1. The summed E-state index contributed by atoms with van der Waals surface area (Å²) in [6, 6.07) is 20.5. The predicted molar refractivity (Wildman–Crippen MR) is 136 cm³/mol. The first-order valence-electron chi connectivity index (χ1n) is 10.5. The minimum atomic E-state index is -0.224. The van der Waals surface area contributed by atoms with Gasteiger partial charge in [-0.05, 0) is 85.5 Å². The SMILES string of the molecule is Cc1ccc(-c2cc(C(=O)NCCc3ccc(Cl)cc3Cl)n(-c3ccc(Cl)cc3)n2)cc1C. The maximum Gasteiger partial charge on any atom is 0.270 e. The van der Waals surface area contributed by atoms with Crippen LogP contribution in [0, 0.1) is 13.8 Å². The van der Waals surface area contributed by atoms with Gasteiger partial charge in [-0.15, -0.1) is 0 Å². The first-order chi connectivity index (χ1) is 15.8. The van der Waals surface area contributed by atoms with E-state index in [1.807, 2.05) is 30.3 Å². The number of nitrogens with zero attached hydrogens (tertiary/aromatic N) is 2. The van der Waals surface area contributed by atoms with Gasteiger partial charge >= 0.3 is 0 Å². The molecule has 0 saturated carbocycles. The van der Waals surface area contributed by atoms with Crippen LogP contribution in [0.25, 0.3) is 16.9 Å². The molecule has 4 nitrogen and oxygen atoms in total. The molecule has 168 valence electrons. The minimum Gasteiger partial charge on any atom is -0.350 e. The van der Waals surface area contributed by atoms with Crippen molar-refractivity contribution < 1.29 is 4.79 Å². The molecule has 3 aromatic carbocycles. The quantitative estimate of drug-likeness (QED) is 0.308. The second kappa shape index (κ2) is 10.0. The zero-order valence-electron chi connectivity index (χ0n) is 18.2. The van der Waals surface area contributed by atoms with Crippen LogP contribution in [-0.4, -0.2) is 22.2 Å². The van der Waals surface area contributed by atoms with Gasteiger partial charge in [0.25, 0.3) is 5.91 Å². The molecule has 0 aliphatic carbocycles. The van der Waals surface area contributed by atoms with Crippen molar-refractivity contribution in [2.45, 2.75) is 20.3 Å². The molecule has 0 aliphatic heterocycles. The van der Waals surface area contributed by atoms with Gasteiger partial charge in [0.15, 0.2) is 0 Å². The van der Waals surface area contributed by atoms with Gasteiger partial charge in [-0.3, -0.25) is 4.79 Å². The van der Waals surface area contributed by atoms with E-state index in [0.717, 1.165) is 22.5 Å². The monoisotopic (exact) mass is 497 g/mol. The van der Waals surface area contributed by atoms with E-state index in [4.69, 9.17) is 39.9 Å². The molecule has 0 bridgehead atoms. The summed E-state index contributed by atoms with van der Waals surface area (Å²) in [5.74, 6) is -0.224. The number of aromatic nitrogens is 2. The van der Waals surface area contributed by atoms with Crippen molar-refractivity contribution in [1.82, 2.24) is 15.1 Å². The van der Waals surface area contributed by atoms with E-state index in [2.05, 4.69) is 31.3 Å².